The molecule has 27 heavy (non-hydrogen) atoms. The Morgan fingerprint density at radius 1 is 1.07 bits per heavy atom. The summed E-state index contributed by atoms with van der Waals surface area (Å²) >= 11 is 0. The van der Waals surface area contributed by atoms with E-state index in [4.69, 9.17) is 5.10 Å². The van der Waals surface area contributed by atoms with Gasteiger partial charge in [-0.25, -0.2) is 0 Å². The fourth-order valence-corrected chi connectivity index (χ4v) is 4.66. The van der Waals surface area contributed by atoms with Gasteiger partial charge in [0.05, 0.1) is 0 Å². The minimum absolute atomic E-state index is 0.547. The van der Waals surface area contributed by atoms with Crippen molar-refractivity contribution in [3.63, 3.8) is 0 Å². The van der Waals surface area contributed by atoms with E-state index >= 15 is 0 Å². The van der Waals surface area contributed by atoms with Gasteiger partial charge in [-0.15, -0.1) is 15.3 Å². The summed E-state index contributed by atoms with van der Waals surface area (Å²) in [5, 5.41) is 13.6. The Kier molecular flexibility index (Phi) is 4.52. The van der Waals surface area contributed by atoms with Crippen molar-refractivity contribution < 1.29 is 0 Å². The number of likely N-dealkylation sites (N-methyl/N-ethyl adjacent to an activating group) is 2. The Hall–Kier alpha value is -1.73. The standard InChI is InChI=1S/C20H31N7/c1-24-11-4-3-8-16(24)12-25(2)17-13-26(14-17)19-10-9-18-21-22-20(27(18)23-19)15-6-5-7-15/h9-10,15-17H,3-8,11-14H2,1-2H3. The van der Waals surface area contributed by atoms with E-state index in [-0.39, 0.29) is 0 Å². The third-order valence-corrected chi connectivity index (χ3v) is 6.97. The molecule has 0 spiro atoms. The third-order valence-electron chi connectivity index (χ3n) is 6.97. The van der Waals surface area contributed by atoms with Gasteiger partial charge in [0, 0.05) is 37.6 Å². The van der Waals surface area contributed by atoms with Crippen LogP contribution in [0.5, 0.6) is 0 Å². The molecule has 4 heterocycles. The summed E-state index contributed by atoms with van der Waals surface area (Å²) in [6.07, 6.45) is 7.82. The molecule has 2 aliphatic heterocycles. The van der Waals surface area contributed by atoms with Crippen molar-refractivity contribution in [3.8, 4) is 0 Å². The number of piperidine rings is 1. The molecule has 3 aliphatic rings. The summed E-state index contributed by atoms with van der Waals surface area (Å²) in [4.78, 5) is 7.48. The predicted molar refractivity (Wildman–Crippen MR) is 106 cm³/mol. The summed E-state index contributed by atoms with van der Waals surface area (Å²) in [6, 6.07) is 5.50. The topological polar surface area (TPSA) is 52.8 Å². The number of anilines is 1. The first-order valence-electron chi connectivity index (χ1n) is 10.6. The predicted octanol–water partition coefficient (Wildman–Crippen LogP) is 2.00. The zero-order chi connectivity index (χ0) is 18.4. The molecule has 0 radical (unpaired) electrons. The van der Waals surface area contributed by atoms with Crippen molar-refractivity contribution in [3.05, 3.63) is 18.0 Å². The van der Waals surface area contributed by atoms with E-state index < -0.39 is 0 Å². The minimum atomic E-state index is 0.547. The van der Waals surface area contributed by atoms with E-state index in [2.05, 4.69) is 51.1 Å². The van der Waals surface area contributed by atoms with Gasteiger partial charge in [0.25, 0.3) is 0 Å². The maximum absolute atomic E-state index is 4.87. The molecule has 1 atom stereocenters. The zero-order valence-electron chi connectivity index (χ0n) is 16.6. The van der Waals surface area contributed by atoms with E-state index in [9.17, 15) is 0 Å². The van der Waals surface area contributed by atoms with Crippen LogP contribution in [0.1, 0.15) is 50.3 Å². The number of hydrogen-bond donors (Lipinski definition) is 0. The van der Waals surface area contributed by atoms with E-state index in [1.165, 1.54) is 51.6 Å². The molecule has 2 aromatic rings. The first kappa shape index (κ1) is 17.4. The van der Waals surface area contributed by atoms with Gasteiger partial charge in [0.1, 0.15) is 5.82 Å². The minimum Gasteiger partial charge on any atom is -0.352 e. The van der Waals surface area contributed by atoms with E-state index in [1.54, 1.807) is 0 Å². The smallest absolute Gasteiger partial charge is 0.178 e. The summed E-state index contributed by atoms with van der Waals surface area (Å²) in [5.74, 6) is 2.65. The summed E-state index contributed by atoms with van der Waals surface area (Å²) in [5.41, 5.74) is 0.871. The summed E-state index contributed by atoms with van der Waals surface area (Å²) < 4.78 is 1.98. The Morgan fingerprint density at radius 2 is 1.93 bits per heavy atom. The van der Waals surface area contributed by atoms with Crippen LogP contribution in [-0.4, -0.2) is 82.0 Å². The van der Waals surface area contributed by atoms with Crippen LogP contribution in [0.15, 0.2) is 12.1 Å². The highest BCUT2D eigenvalue weighted by molar-refractivity contribution is 5.48. The van der Waals surface area contributed by atoms with Crippen LogP contribution in [0, 0.1) is 0 Å². The fraction of sp³-hybridized carbons (Fsp3) is 0.750. The number of aromatic nitrogens is 4. The second-order valence-electron chi connectivity index (χ2n) is 8.78. The molecular formula is C20H31N7. The Bertz CT molecular complexity index is 793. The van der Waals surface area contributed by atoms with Crippen LogP contribution >= 0.6 is 0 Å². The van der Waals surface area contributed by atoms with Crippen LogP contribution in [0.25, 0.3) is 5.65 Å². The van der Waals surface area contributed by atoms with Crippen LogP contribution < -0.4 is 4.90 Å². The second kappa shape index (κ2) is 7.02. The van der Waals surface area contributed by atoms with Crippen molar-refractivity contribution in [2.75, 3.05) is 45.2 Å². The van der Waals surface area contributed by atoms with E-state index in [0.717, 1.165) is 30.4 Å². The quantitative estimate of drug-likeness (QED) is 0.804. The highest BCUT2D eigenvalue weighted by atomic mass is 15.4. The van der Waals surface area contributed by atoms with Crippen molar-refractivity contribution in [2.24, 2.45) is 0 Å². The average Bonchev–Trinajstić information content (AvgIpc) is 2.97. The molecule has 5 rings (SSSR count). The first-order chi connectivity index (χ1) is 13.2. The van der Waals surface area contributed by atoms with Crippen LogP contribution in [0.4, 0.5) is 5.82 Å². The van der Waals surface area contributed by atoms with Gasteiger partial charge < -0.3 is 9.80 Å². The number of nitrogens with zero attached hydrogens (tertiary/aromatic N) is 7. The lowest BCUT2D eigenvalue weighted by molar-refractivity contribution is 0.109. The number of likely N-dealkylation sites (tertiary alicyclic amines) is 1. The monoisotopic (exact) mass is 369 g/mol. The lowest BCUT2D eigenvalue weighted by Gasteiger charge is -2.46. The molecule has 7 nitrogen and oxygen atoms in total. The van der Waals surface area contributed by atoms with E-state index in [0.29, 0.717) is 18.0 Å². The number of fused-ring (bicyclic) bond motifs is 1. The molecule has 146 valence electrons. The summed E-state index contributed by atoms with van der Waals surface area (Å²) in [7, 11) is 4.57. The maximum Gasteiger partial charge on any atom is 0.178 e. The summed E-state index contributed by atoms with van der Waals surface area (Å²) in [6.45, 7) is 4.55. The molecule has 3 fully saturated rings. The van der Waals surface area contributed by atoms with Gasteiger partial charge in [-0.2, -0.15) is 4.52 Å². The van der Waals surface area contributed by atoms with Gasteiger partial charge in [0.15, 0.2) is 11.5 Å². The highest BCUT2D eigenvalue weighted by Gasteiger charge is 2.33. The lowest BCUT2D eigenvalue weighted by atomic mass is 9.85. The van der Waals surface area contributed by atoms with Crippen molar-refractivity contribution in [2.45, 2.75) is 56.5 Å². The van der Waals surface area contributed by atoms with Gasteiger partial charge in [-0.05, 0) is 58.5 Å². The van der Waals surface area contributed by atoms with Gasteiger partial charge in [0.2, 0.25) is 0 Å². The Morgan fingerprint density at radius 3 is 2.67 bits per heavy atom. The largest absolute Gasteiger partial charge is 0.352 e. The van der Waals surface area contributed by atoms with Crippen LogP contribution in [-0.2, 0) is 0 Å². The molecule has 0 aromatic carbocycles. The lowest BCUT2D eigenvalue weighted by Crippen LogP contribution is -2.60. The molecule has 0 bridgehead atoms. The van der Waals surface area contributed by atoms with Gasteiger partial charge in [-0.1, -0.05) is 12.8 Å². The molecule has 1 saturated carbocycles. The van der Waals surface area contributed by atoms with Crippen LogP contribution in [0.2, 0.25) is 0 Å². The highest BCUT2D eigenvalue weighted by Crippen LogP contribution is 2.35. The van der Waals surface area contributed by atoms with Crippen molar-refractivity contribution >= 4 is 11.5 Å². The first-order valence-corrected chi connectivity index (χ1v) is 10.6. The Labute approximate surface area is 161 Å². The normalized spacial score (nSPS) is 25.1. The van der Waals surface area contributed by atoms with Gasteiger partial charge >= 0.3 is 0 Å². The molecule has 0 amide bonds. The van der Waals surface area contributed by atoms with Gasteiger partial charge in [-0.3, -0.25) is 4.90 Å². The van der Waals surface area contributed by atoms with Crippen molar-refractivity contribution in [1.82, 2.24) is 29.6 Å². The van der Waals surface area contributed by atoms with E-state index in [1.807, 2.05) is 4.52 Å². The molecule has 1 aliphatic carbocycles. The molecule has 0 N–H and O–H groups in total. The molecule has 2 aromatic heterocycles. The van der Waals surface area contributed by atoms with Crippen molar-refractivity contribution in [1.29, 1.82) is 0 Å². The maximum atomic E-state index is 4.87. The second-order valence-corrected chi connectivity index (χ2v) is 8.78. The molecular weight excluding hydrogens is 338 g/mol. The Balaban J connectivity index is 1.22. The fourth-order valence-electron chi connectivity index (χ4n) is 4.66. The SMILES string of the molecule is CN1CCCCC1CN(C)C1CN(c2ccc3nnc(C4CCC4)n3n2)C1. The average molecular weight is 370 g/mol. The molecule has 7 heteroatoms. The zero-order valence-corrected chi connectivity index (χ0v) is 16.6. The number of hydrogen-bond acceptors (Lipinski definition) is 6. The van der Waals surface area contributed by atoms with Crippen LogP contribution in [0.3, 0.4) is 0 Å². The number of rotatable bonds is 5. The molecule has 2 saturated heterocycles. The molecule has 1 unspecified atom stereocenters. The third kappa shape index (κ3) is 3.21.